The standard InChI is InChI=1S/C15H15Cl2N3O4S/c1-24-5-4-20-13(18)12(14(22)19-15(20)23)10(21)7-25-11-6-8(16)2-3-9(11)17/h2-3,6H,4-5,7,18H2,1H3,(H,19,22,23). The zero-order valence-corrected chi connectivity index (χ0v) is 15.5. The molecule has 0 aliphatic rings. The van der Waals surface area contributed by atoms with E-state index in [2.05, 4.69) is 4.98 Å². The molecule has 134 valence electrons. The van der Waals surface area contributed by atoms with Gasteiger partial charge in [-0.15, -0.1) is 11.8 Å². The minimum atomic E-state index is -0.820. The van der Waals surface area contributed by atoms with Crippen LogP contribution in [0.5, 0.6) is 0 Å². The van der Waals surface area contributed by atoms with Gasteiger partial charge in [-0.3, -0.25) is 19.1 Å². The fourth-order valence-electron chi connectivity index (χ4n) is 2.07. The van der Waals surface area contributed by atoms with E-state index in [1.54, 1.807) is 18.2 Å². The number of nitrogen functional groups attached to an aromatic ring is 1. The first-order valence-corrected chi connectivity index (χ1v) is 8.82. The number of hydrogen-bond acceptors (Lipinski definition) is 6. The molecular formula is C15H15Cl2N3O4S. The zero-order chi connectivity index (χ0) is 18.6. The SMILES string of the molecule is COCCn1c(N)c(C(=O)CSc2cc(Cl)ccc2Cl)c(=O)[nH]c1=O. The number of nitrogens with two attached hydrogens (primary N) is 1. The minimum absolute atomic E-state index is 0.0875. The molecule has 1 aromatic carbocycles. The van der Waals surface area contributed by atoms with Crippen LogP contribution >= 0.6 is 35.0 Å². The molecule has 0 aliphatic carbocycles. The van der Waals surface area contributed by atoms with Crippen molar-refractivity contribution < 1.29 is 9.53 Å². The van der Waals surface area contributed by atoms with Crippen molar-refractivity contribution in [1.82, 2.24) is 9.55 Å². The summed E-state index contributed by atoms with van der Waals surface area (Å²) in [7, 11) is 1.46. The number of ether oxygens (including phenoxy) is 1. The van der Waals surface area contributed by atoms with Crippen LogP contribution < -0.4 is 17.0 Å². The van der Waals surface area contributed by atoms with Crippen LogP contribution in [0.3, 0.4) is 0 Å². The highest BCUT2D eigenvalue weighted by Gasteiger charge is 2.19. The Labute approximate surface area is 157 Å². The lowest BCUT2D eigenvalue weighted by molar-refractivity contribution is 0.102. The summed E-state index contributed by atoms with van der Waals surface area (Å²) in [4.78, 5) is 39.0. The lowest BCUT2D eigenvalue weighted by Crippen LogP contribution is -2.37. The average Bonchev–Trinajstić information content (AvgIpc) is 2.55. The van der Waals surface area contributed by atoms with Crippen molar-refractivity contribution in [3.8, 4) is 0 Å². The summed E-state index contributed by atoms with van der Waals surface area (Å²) < 4.78 is 5.98. The number of carbonyl (C=O) groups excluding carboxylic acids is 1. The predicted molar refractivity (Wildman–Crippen MR) is 99.1 cm³/mol. The van der Waals surface area contributed by atoms with E-state index in [4.69, 9.17) is 33.7 Å². The Bertz CT molecular complexity index is 911. The minimum Gasteiger partial charge on any atom is -0.384 e. The first kappa shape index (κ1) is 19.6. The molecule has 0 saturated carbocycles. The summed E-state index contributed by atoms with van der Waals surface area (Å²) >= 11 is 13.1. The predicted octanol–water partition coefficient (Wildman–Crippen LogP) is 2.05. The highest BCUT2D eigenvalue weighted by Crippen LogP contribution is 2.30. The van der Waals surface area contributed by atoms with Crippen LogP contribution in [0.1, 0.15) is 10.4 Å². The van der Waals surface area contributed by atoms with E-state index in [0.717, 1.165) is 16.3 Å². The number of methoxy groups -OCH3 is 1. The van der Waals surface area contributed by atoms with Crippen molar-refractivity contribution in [1.29, 1.82) is 0 Å². The summed E-state index contributed by atoms with van der Waals surface area (Å²) in [6.45, 7) is 0.322. The maximum atomic E-state index is 12.4. The van der Waals surface area contributed by atoms with Crippen LogP contribution in [0.2, 0.25) is 10.0 Å². The van der Waals surface area contributed by atoms with Gasteiger partial charge in [0.2, 0.25) is 0 Å². The van der Waals surface area contributed by atoms with Crippen molar-refractivity contribution in [3.63, 3.8) is 0 Å². The molecule has 0 spiro atoms. The van der Waals surface area contributed by atoms with Crippen molar-refractivity contribution in [2.24, 2.45) is 0 Å². The molecule has 1 heterocycles. The number of H-pyrrole nitrogens is 1. The average molecular weight is 404 g/mol. The third-order valence-corrected chi connectivity index (χ3v) is 5.02. The van der Waals surface area contributed by atoms with Gasteiger partial charge in [0.15, 0.2) is 5.78 Å². The summed E-state index contributed by atoms with van der Waals surface area (Å²) in [5.41, 5.74) is 4.08. The number of hydrogen-bond donors (Lipinski definition) is 2. The van der Waals surface area contributed by atoms with Crippen molar-refractivity contribution in [2.75, 3.05) is 25.2 Å². The Morgan fingerprint density at radius 1 is 1.36 bits per heavy atom. The van der Waals surface area contributed by atoms with E-state index in [0.29, 0.717) is 14.9 Å². The second-order valence-corrected chi connectivity index (χ2v) is 6.81. The van der Waals surface area contributed by atoms with E-state index in [9.17, 15) is 14.4 Å². The molecule has 10 heteroatoms. The second kappa shape index (κ2) is 8.57. The first-order chi connectivity index (χ1) is 11.8. The summed E-state index contributed by atoms with van der Waals surface area (Å²) in [6.07, 6.45) is 0. The lowest BCUT2D eigenvalue weighted by Gasteiger charge is -2.11. The van der Waals surface area contributed by atoms with Crippen LogP contribution in [-0.4, -0.2) is 34.8 Å². The highest BCUT2D eigenvalue weighted by atomic mass is 35.5. The molecule has 7 nitrogen and oxygen atoms in total. The molecule has 0 atom stereocenters. The number of nitrogens with one attached hydrogen (secondary N) is 1. The molecule has 0 bridgehead atoms. The number of ketones is 1. The van der Waals surface area contributed by atoms with E-state index in [1.165, 1.54) is 7.11 Å². The molecule has 0 saturated heterocycles. The van der Waals surface area contributed by atoms with Gasteiger partial charge in [0.05, 0.1) is 23.9 Å². The van der Waals surface area contributed by atoms with Gasteiger partial charge in [0.25, 0.3) is 5.56 Å². The Hall–Kier alpha value is -1.74. The number of halogens is 2. The smallest absolute Gasteiger partial charge is 0.330 e. The third-order valence-electron chi connectivity index (χ3n) is 3.29. The fourth-order valence-corrected chi connectivity index (χ4v) is 3.43. The molecule has 0 aliphatic heterocycles. The Morgan fingerprint density at radius 3 is 2.76 bits per heavy atom. The van der Waals surface area contributed by atoms with Gasteiger partial charge >= 0.3 is 5.69 Å². The number of nitrogens with zero attached hydrogens (tertiary/aromatic N) is 1. The van der Waals surface area contributed by atoms with Crippen LogP contribution in [0, 0.1) is 0 Å². The van der Waals surface area contributed by atoms with E-state index in [1.807, 2.05) is 0 Å². The van der Waals surface area contributed by atoms with Crippen LogP contribution in [0.4, 0.5) is 5.82 Å². The fraction of sp³-hybridized carbons (Fsp3) is 0.267. The number of thioether (sulfide) groups is 1. The number of Topliss-reactive ketones (excluding diaryl/α,β-unsaturated/α-hetero) is 1. The molecule has 0 amide bonds. The number of aromatic nitrogens is 2. The Kier molecular flexibility index (Phi) is 6.71. The van der Waals surface area contributed by atoms with Gasteiger partial charge < -0.3 is 10.5 Å². The molecule has 0 unspecified atom stereocenters. The molecule has 2 rings (SSSR count). The Balaban J connectivity index is 2.28. The van der Waals surface area contributed by atoms with Gasteiger partial charge in [-0.2, -0.15) is 0 Å². The molecule has 0 radical (unpaired) electrons. The molecule has 0 fully saturated rings. The maximum Gasteiger partial charge on any atom is 0.330 e. The summed E-state index contributed by atoms with van der Waals surface area (Å²) in [6, 6.07) is 4.86. The lowest BCUT2D eigenvalue weighted by atomic mass is 10.2. The number of aromatic amines is 1. The molecule has 3 N–H and O–H groups in total. The molecular weight excluding hydrogens is 389 g/mol. The third kappa shape index (κ3) is 4.66. The van der Waals surface area contributed by atoms with Gasteiger partial charge in [-0.25, -0.2) is 4.79 Å². The molecule has 1 aromatic heterocycles. The molecule has 25 heavy (non-hydrogen) atoms. The van der Waals surface area contributed by atoms with Gasteiger partial charge in [-0.1, -0.05) is 23.2 Å². The molecule has 2 aromatic rings. The van der Waals surface area contributed by atoms with E-state index in [-0.39, 0.29) is 30.3 Å². The van der Waals surface area contributed by atoms with Gasteiger partial charge in [0.1, 0.15) is 11.4 Å². The zero-order valence-electron chi connectivity index (χ0n) is 13.2. The van der Waals surface area contributed by atoms with Crippen LogP contribution in [0.25, 0.3) is 0 Å². The quantitative estimate of drug-likeness (QED) is 0.540. The van der Waals surface area contributed by atoms with Gasteiger partial charge in [0, 0.05) is 17.0 Å². The van der Waals surface area contributed by atoms with Crippen molar-refractivity contribution in [2.45, 2.75) is 11.4 Å². The number of benzene rings is 1. The number of rotatable bonds is 7. The maximum absolute atomic E-state index is 12.4. The second-order valence-electron chi connectivity index (χ2n) is 4.95. The topological polar surface area (TPSA) is 107 Å². The number of carbonyl (C=O) groups is 1. The van der Waals surface area contributed by atoms with E-state index < -0.39 is 17.0 Å². The summed E-state index contributed by atoms with van der Waals surface area (Å²) in [5.74, 6) is -0.796. The monoisotopic (exact) mass is 403 g/mol. The van der Waals surface area contributed by atoms with E-state index >= 15 is 0 Å². The number of anilines is 1. The summed E-state index contributed by atoms with van der Waals surface area (Å²) in [5, 5.41) is 0.916. The van der Waals surface area contributed by atoms with Crippen molar-refractivity contribution >= 4 is 46.6 Å². The van der Waals surface area contributed by atoms with Crippen LogP contribution in [0.15, 0.2) is 32.7 Å². The first-order valence-electron chi connectivity index (χ1n) is 7.07. The van der Waals surface area contributed by atoms with Crippen molar-refractivity contribution in [3.05, 3.63) is 54.6 Å². The normalized spacial score (nSPS) is 10.8. The highest BCUT2D eigenvalue weighted by molar-refractivity contribution is 8.00. The van der Waals surface area contributed by atoms with Crippen LogP contribution in [-0.2, 0) is 11.3 Å². The largest absolute Gasteiger partial charge is 0.384 e. The Morgan fingerprint density at radius 2 is 2.08 bits per heavy atom. The van der Waals surface area contributed by atoms with Gasteiger partial charge in [-0.05, 0) is 18.2 Å².